The average molecular weight is 387 g/mol. The molecule has 1 amide bonds. The first-order valence-corrected chi connectivity index (χ1v) is 10.3. The molecule has 0 aromatic carbocycles. The van der Waals surface area contributed by atoms with Gasteiger partial charge in [-0.3, -0.25) is 19.5 Å². The maximum absolute atomic E-state index is 12.7. The fraction of sp³-hybridized carbons (Fsp3) is 0.650. The van der Waals surface area contributed by atoms with E-state index in [4.69, 9.17) is 4.74 Å². The number of hydrogen-bond donors (Lipinski definition) is 1. The molecule has 4 rings (SSSR count). The second-order valence-corrected chi connectivity index (χ2v) is 8.20. The van der Waals surface area contributed by atoms with Crippen LogP contribution in [-0.2, 0) is 30.8 Å². The number of carbonyl (C=O) groups is 1. The van der Waals surface area contributed by atoms with Crippen molar-refractivity contribution in [1.29, 1.82) is 0 Å². The fourth-order valence-electron chi connectivity index (χ4n) is 3.95. The van der Waals surface area contributed by atoms with Crippen molar-refractivity contribution in [2.24, 2.45) is 5.92 Å². The van der Waals surface area contributed by atoms with Crippen molar-refractivity contribution in [3.05, 3.63) is 34.9 Å². The van der Waals surface area contributed by atoms with Gasteiger partial charge in [0.2, 0.25) is 0 Å². The smallest absolute Gasteiger partial charge is 0.274 e. The summed E-state index contributed by atoms with van der Waals surface area (Å²) in [5.41, 5.74) is 3.94. The fourth-order valence-corrected chi connectivity index (χ4v) is 3.95. The van der Waals surface area contributed by atoms with Gasteiger partial charge in [0.15, 0.2) is 5.69 Å². The molecule has 8 heteroatoms. The zero-order chi connectivity index (χ0) is 19.5. The van der Waals surface area contributed by atoms with Gasteiger partial charge in [-0.25, -0.2) is 0 Å². The van der Waals surface area contributed by atoms with Crippen LogP contribution in [0.1, 0.15) is 47.8 Å². The number of carbonyl (C=O) groups excluding carboxylic acids is 1. The Kier molecular flexibility index (Phi) is 5.77. The molecule has 0 aliphatic carbocycles. The predicted octanol–water partition coefficient (Wildman–Crippen LogP) is 1.68. The highest BCUT2D eigenvalue weighted by molar-refractivity contribution is 5.92. The zero-order valence-electron chi connectivity index (χ0n) is 16.9. The van der Waals surface area contributed by atoms with Gasteiger partial charge in [-0.05, 0) is 30.9 Å². The van der Waals surface area contributed by atoms with Crippen LogP contribution in [0.3, 0.4) is 0 Å². The monoisotopic (exact) mass is 386 g/mol. The lowest BCUT2D eigenvalue weighted by molar-refractivity contribution is 0.0298. The minimum absolute atomic E-state index is 0.0160. The number of nitrogens with zero attached hydrogens (tertiary/aromatic N) is 5. The van der Waals surface area contributed by atoms with Gasteiger partial charge in [0.05, 0.1) is 24.6 Å². The van der Waals surface area contributed by atoms with Crippen LogP contribution in [-0.4, -0.2) is 68.5 Å². The molecule has 2 aromatic heterocycles. The second kappa shape index (κ2) is 8.45. The Morgan fingerprint density at radius 2 is 2.04 bits per heavy atom. The van der Waals surface area contributed by atoms with Gasteiger partial charge < -0.3 is 9.64 Å². The highest BCUT2D eigenvalue weighted by Gasteiger charge is 2.24. The molecule has 0 bridgehead atoms. The van der Waals surface area contributed by atoms with Crippen molar-refractivity contribution in [3.8, 4) is 0 Å². The highest BCUT2D eigenvalue weighted by Crippen LogP contribution is 2.18. The number of rotatable bonds is 5. The molecule has 2 aromatic rings. The summed E-state index contributed by atoms with van der Waals surface area (Å²) in [6.07, 6.45) is 2.02. The molecule has 4 heterocycles. The molecule has 0 radical (unpaired) electrons. The van der Waals surface area contributed by atoms with E-state index < -0.39 is 0 Å². The first-order valence-electron chi connectivity index (χ1n) is 10.3. The van der Waals surface area contributed by atoms with E-state index in [1.54, 1.807) is 0 Å². The van der Waals surface area contributed by atoms with Crippen molar-refractivity contribution in [1.82, 2.24) is 29.8 Å². The molecule has 0 spiro atoms. The van der Waals surface area contributed by atoms with Gasteiger partial charge in [-0.15, -0.1) is 0 Å². The maximum Gasteiger partial charge on any atom is 0.274 e. The van der Waals surface area contributed by atoms with Gasteiger partial charge in [-0.2, -0.15) is 10.2 Å². The van der Waals surface area contributed by atoms with Crippen LogP contribution in [0.2, 0.25) is 0 Å². The molecule has 1 fully saturated rings. The first kappa shape index (κ1) is 19.1. The lowest BCUT2D eigenvalue weighted by Gasteiger charge is -2.26. The molecule has 8 nitrogen and oxygen atoms in total. The lowest BCUT2D eigenvalue weighted by atomic mass is 10.1. The number of morpholine rings is 1. The van der Waals surface area contributed by atoms with Gasteiger partial charge >= 0.3 is 0 Å². The van der Waals surface area contributed by atoms with Crippen LogP contribution in [0.5, 0.6) is 0 Å². The number of ether oxygens (including phenoxy) is 1. The number of fused-ring (bicyclic) bond motifs is 1. The average Bonchev–Trinajstić information content (AvgIpc) is 3.23. The summed E-state index contributed by atoms with van der Waals surface area (Å²) in [6.45, 7) is 10.4. The number of aryl methyl sites for hydroxylation is 1. The van der Waals surface area contributed by atoms with Crippen LogP contribution >= 0.6 is 0 Å². The maximum atomic E-state index is 12.7. The summed E-state index contributed by atoms with van der Waals surface area (Å²) in [6, 6.07) is 4.14. The summed E-state index contributed by atoms with van der Waals surface area (Å²) < 4.78 is 7.35. The molecule has 152 valence electrons. The largest absolute Gasteiger partial charge is 0.378 e. The highest BCUT2D eigenvalue weighted by atomic mass is 16.5. The number of aromatic nitrogens is 4. The van der Waals surface area contributed by atoms with Crippen LogP contribution < -0.4 is 0 Å². The van der Waals surface area contributed by atoms with Crippen molar-refractivity contribution in [3.63, 3.8) is 0 Å². The topological polar surface area (TPSA) is 79.3 Å². The third kappa shape index (κ3) is 4.44. The Balaban J connectivity index is 1.42. The third-order valence-electron chi connectivity index (χ3n) is 5.31. The molecule has 2 aliphatic heterocycles. The van der Waals surface area contributed by atoms with E-state index in [-0.39, 0.29) is 5.91 Å². The van der Waals surface area contributed by atoms with Gasteiger partial charge in [0, 0.05) is 45.0 Å². The summed E-state index contributed by atoms with van der Waals surface area (Å²) in [4.78, 5) is 17.0. The van der Waals surface area contributed by atoms with E-state index in [1.807, 2.05) is 15.6 Å². The van der Waals surface area contributed by atoms with Gasteiger partial charge in [0.1, 0.15) is 0 Å². The molecule has 1 saturated heterocycles. The molecule has 0 atom stereocenters. The Bertz CT molecular complexity index is 805. The first-order chi connectivity index (χ1) is 13.6. The molecule has 1 N–H and O–H groups in total. The summed E-state index contributed by atoms with van der Waals surface area (Å²) in [5, 5.41) is 12.2. The van der Waals surface area contributed by atoms with Crippen molar-refractivity contribution >= 4 is 5.91 Å². The van der Waals surface area contributed by atoms with Crippen molar-refractivity contribution in [2.75, 3.05) is 32.8 Å². The summed E-state index contributed by atoms with van der Waals surface area (Å²) in [7, 11) is 0. The summed E-state index contributed by atoms with van der Waals surface area (Å²) >= 11 is 0. The van der Waals surface area contributed by atoms with E-state index in [2.05, 4.69) is 40.1 Å². The molecule has 2 aliphatic rings. The normalized spacial score (nSPS) is 18.3. The lowest BCUT2D eigenvalue weighted by Crippen LogP contribution is -2.40. The van der Waals surface area contributed by atoms with Gasteiger partial charge in [0.25, 0.3) is 5.91 Å². The number of aromatic amines is 1. The van der Waals surface area contributed by atoms with Crippen LogP contribution in [0.15, 0.2) is 12.1 Å². The number of amides is 1. The van der Waals surface area contributed by atoms with E-state index in [0.29, 0.717) is 37.9 Å². The predicted molar refractivity (Wildman–Crippen MR) is 105 cm³/mol. The Hall–Kier alpha value is -2.19. The molecule has 0 saturated carbocycles. The van der Waals surface area contributed by atoms with Gasteiger partial charge in [-0.1, -0.05) is 13.8 Å². The molecule has 0 unspecified atom stereocenters. The number of H-pyrrole nitrogens is 1. The zero-order valence-corrected chi connectivity index (χ0v) is 16.9. The number of hydrogen-bond acceptors (Lipinski definition) is 5. The van der Waals surface area contributed by atoms with Crippen LogP contribution in [0.4, 0.5) is 0 Å². The minimum atomic E-state index is 0.0160. The Morgan fingerprint density at radius 1 is 1.21 bits per heavy atom. The second-order valence-electron chi connectivity index (χ2n) is 8.20. The van der Waals surface area contributed by atoms with Crippen LogP contribution in [0.25, 0.3) is 0 Å². The third-order valence-corrected chi connectivity index (χ3v) is 5.31. The van der Waals surface area contributed by atoms with Crippen LogP contribution in [0, 0.1) is 5.92 Å². The molecular formula is C20H30N6O2. The van der Waals surface area contributed by atoms with E-state index in [0.717, 1.165) is 56.1 Å². The van der Waals surface area contributed by atoms with E-state index in [1.165, 1.54) is 0 Å². The van der Waals surface area contributed by atoms with Crippen molar-refractivity contribution in [2.45, 2.75) is 46.3 Å². The minimum Gasteiger partial charge on any atom is -0.378 e. The Morgan fingerprint density at radius 3 is 2.82 bits per heavy atom. The molecular weight excluding hydrogens is 356 g/mol. The van der Waals surface area contributed by atoms with E-state index in [9.17, 15) is 4.79 Å². The summed E-state index contributed by atoms with van der Waals surface area (Å²) in [5.74, 6) is 0.619. The SMILES string of the molecule is CC(C)Cc1cc(CN2CCCn3nc(C(=O)N4CCOCC4)cc3C2)[nH]n1. The number of nitrogens with one attached hydrogen (secondary N) is 1. The standard InChI is InChI=1S/C20H30N6O2/c1-15(2)10-16-11-17(22-21-16)13-24-4-3-5-26-18(14-24)12-19(23-26)20(27)25-6-8-28-9-7-25/h11-12,15H,3-10,13-14H2,1-2H3,(H,21,22). The quantitative estimate of drug-likeness (QED) is 0.846. The van der Waals surface area contributed by atoms with Crippen molar-refractivity contribution < 1.29 is 9.53 Å². The van der Waals surface area contributed by atoms with E-state index >= 15 is 0 Å². The molecule has 28 heavy (non-hydrogen) atoms. The Labute approximate surface area is 165 Å².